The molecule has 0 saturated heterocycles. The van der Waals surface area contributed by atoms with Gasteiger partial charge in [-0.1, -0.05) is 28.8 Å². The molecule has 1 aromatic heterocycles. The normalized spacial score (nSPS) is 24.4. The van der Waals surface area contributed by atoms with Crippen molar-refractivity contribution in [2.75, 3.05) is 19.1 Å². The highest BCUT2D eigenvalue weighted by Gasteiger charge is 2.26. The first-order valence-corrected chi connectivity index (χ1v) is 7.01. The third-order valence-corrected chi connectivity index (χ3v) is 4.53. The van der Waals surface area contributed by atoms with Crippen LogP contribution in [-0.4, -0.2) is 30.0 Å². The summed E-state index contributed by atoms with van der Waals surface area (Å²) in [5.74, 6) is 1.82. The van der Waals surface area contributed by atoms with Gasteiger partial charge in [-0.05, 0) is 25.0 Å². The highest BCUT2D eigenvalue weighted by atomic mass is 79.9. The maximum atomic E-state index is 5.13. The number of pyridine rings is 1. The average molecular weight is 299 g/mol. The minimum atomic E-state index is 0.546. The Hall–Kier alpha value is -0.770. The summed E-state index contributed by atoms with van der Waals surface area (Å²) in [6.07, 6.45) is 6.91. The number of hydrogen-bond acceptors (Lipinski definition) is 3. The van der Waals surface area contributed by atoms with Crippen LogP contribution in [0.25, 0.3) is 0 Å². The standard InChI is InChI=1S/C13H19BrN2O/c1-16(12-6-4-3-5-11(12)14)13-8-7-10(17-2)9-15-13/h7-9,11-12H,3-6H2,1-2H3. The summed E-state index contributed by atoms with van der Waals surface area (Å²) in [4.78, 5) is 7.29. The molecule has 2 atom stereocenters. The first-order chi connectivity index (χ1) is 8.22. The minimum Gasteiger partial charge on any atom is -0.495 e. The van der Waals surface area contributed by atoms with E-state index in [0.717, 1.165) is 11.6 Å². The molecular formula is C13H19BrN2O. The Morgan fingerprint density at radius 1 is 1.35 bits per heavy atom. The van der Waals surface area contributed by atoms with Crippen molar-refractivity contribution < 1.29 is 4.74 Å². The van der Waals surface area contributed by atoms with Gasteiger partial charge in [0.2, 0.25) is 0 Å². The van der Waals surface area contributed by atoms with Crippen molar-refractivity contribution in [1.82, 2.24) is 4.98 Å². The van der Waals surface area contributed by atoms with Gasteiger partial charge in [0.15, 0.2) is 0 Å². The predicted octanol–water partition coefficient (Wildman–Crippen LogP) is 3.23. The van der Waals surface area contributed by atoms with Gasteiger partial charge >= 0.3 is 0 Å². The number of ether oxygens (including phenoxy) is 1. The number of alkyl halides is 1. The molecule has 0 aliphatic heterocycles. The number of nitrogens with zero attached hydrogens (tertiary/aromatic N) is 2. The van der Waals surface area contributed by atoms with Crippen LogP contribution < -0.4 is 9.64 Å². The van der Waals surface area contributed by atoms with E-state index >= 15 is 0 Å². The molecule has 1 fully saturated rings. The Morgan fingerprint density at radius 3 is 2.71 bits per heavy atom. The van der Waals surface area contributed by atoms with Crippen LogP contribution in [0.15, 0.2) is 18.3 Å². The molecule has 2 unspecified atom stereocenters. The fraction of sp³-hybridized carbons (Fsp3) is 0.615. The van der Waals surface area contributed by atoms with Crippen molar-refractivity contribution in [2.45, 2.75) is 36.6 Å². The molecular weight excluding hydrogens is 280 g/mol. The van der Waals surface area contributed by atoms with E-state index in [9.17, 15) is 0 Å². The van der Waals surface area contributed by atoms with Gasteiger partial charge in [0.1, 0.15) is 11.6 Å². The molecule has 2 rings (SSSR count). The van der Waals surface area contributed by atoms with Crippen molar-refractivity contribution in [3.8, 4) is 5.75 Å². The van der Waals surface area contributed by atoms with Crippen LogP contribution in [0.4, 0.5) is 5.82 Å². The van der Waals surface area contributed by atoms with Gasteiger partial charge in [0.25, 0.3) is 0 Å². The number of rotatable bonds is 3. The zero-order valence-corrected chi connectivity index (χ0v) is 12.0. The summed E-state index contributed by atoms with van der Waals surface area (Å²) in [5, 5.41) is 0. The van der Waals surface area contributed by atoms with E-state index < -0.39 is 0 Å². The van der Waals surface area contributed by atoms with Crippen LogP contribution in [0.3, 0.4) is 0 Å². The second-order valence-electron chi connectivity index (χ2n) is 4.53. The molecule has 0 spiro atoms. The summed E-state index contributed by atoms with van der Waals surface area (Å²) in [6, 6.07) is 4.53. The molecule has 1 aromatic rings. The summed E-state index contributed by atoms with van der Waals surface area (Å²) in [5.41, 5.74) is 0. The molecule has 0 aromatic carbocycles. The van der Waals surface area contributed by atoms with Crippen LogP contribution in [0.2, 0.25) is 0 Å². The molecule has 3 nitrogen and oxygen atoms in total. The third-order valence-electron chi connectivity index (χ3n) is 3.46. The van der Waals surface area contributed by atoms with Gasteiger partial charge in [-0.15, -0.1) is 0 Å². The van der Waals surface area contributed by atoms with Crippen molar-refractivity contribution in [1.29, 1.82) is 0 Å². The number of aromatic nitrogens is 1. The Kier molecular flexibility index (Phi) is 4.26. The molecule has 1 saturated carbocycles. The smallest absolute Gasteiger partial charge is 0.137 e. The van der Waals surface area contributed by atoms with Gasteiger partial charge in [-0.3, -0.25) is 0 Å². The highest BCUT2D eigenvalue weighted by Crippen LogP contribution is 2.30. The lowest BCUT2D eigenvalue weighted by Crippen LogP contribution is -2.41. The van der Waals surface area contributed by atoms with Crippen LogP contribution in [-0.2, 0) is 0 Å². The van der Waals surface area contributed by atoms with E-state index in [4.69, 9.17) is 4.74 Å². The first kappa shape index (κ1) is 12.7. The summed E-state index contributed by atoms with van der Waals surface area (Å²) in [6.45, 7) is 0. The largest absolute Gasteiger partial charge is 0.495 e. The van der Waals surface area contributed by atoms with Crippen molar-refractivity contribution in [2.24, 2.45) is 0 Å². The average Bonchev–Trinajstić information content (AvgIpc) is 2.39. The van der Waals surface area contributed by atoms with Crippen LogP contribution >= 0.6 is 15.9 Å². The highest BCUT2D eigenvalue weighted by molar-refractivity contribution is 9.09. The van der Waals surface area contributed by atoms with Gasteiger partial charge in [0, 0.05) is 17.9 Å². The van der Waals surface area contributed by atoms with Crippen molar-refractivity contribution in [3.63, 3.8) is 0 Å². The van der Waals surface area contributed by atoms with Crippen LogP contribution in [0.5, 0.6) is 5.75 Å². The summed E-state index contributed by atoms with van der Waals surface area (Å²) >= 11 is 3.79. The fourth-order valence-corrected chi connectivity index (χ4v) is 3.32. The van der Waals surface area contributed by atoms with E-state index in [1.165, 1.54) is 25.7 Å². The Bertz CT molecular complexity index is 355. The monoisotopic (exact) mass is 298 g/mol. The molecule has 0 amide bonds. The Balaban J connectivity index is 2.09. The van der Waals surface area contributed by atoms with Crippen LogP contribution in [0.1, 0.15) is 25.7 Å². The quantitative estimate of drug-likeness (QED) is 0.801. The van der Waals surface area contributed by atoms with E-state index in [2.05, 4.69) is 32.9 Å². The fourth-order valence-electron chi connectivity index (χ4n) is 2.37. The zero-order valence-electron chi connectivity index (χ0n) is 10.4. The summed E-state index contributed by atoms with van der Waals surface area (Å²) in [7, 11) is 3.79. The molecule has 0 bridgehead atoms. The van der Waals surface area contributed by atoms with Gasteiger partial charge < -0.3 is 9.64 Å². The topological polar surface area (TPSA) is 25.4 Å². The maximum absolute atomic E-state index is 5.13. The molecule has 1 aliphatic carbocycles. The number of hydrogen-bond donors (Lipinski definition) is 0. The van der Waals surface area contributed by atoms with E-state index in [1.807, 2.05) is 12.1 Å². The lowest BCUT2D eigenvalue weighted by atomic mass is 9.94. The molecule has 17 heavy (non-hydrogen) atoms. The van der Waals surface area contributed by atoms with E-state index in [1.54, 1.807) is 13.3 Å². The molecule has 4 heteroatoms. The first-order valence-electron chi connectivity index (χ1n) is 6.09. The number of anilines is 1. The second kappa shape index (κ2) is 5.71. The lowest BCUT2D eigenvalue weighted by Gasteiger charge is -2.35. The third kappa shape index (κ3) is 2.92. The Labute approximate surface area is 111 Å². The second-order valence-corrected chi connectivity index (χ2v) is 5.71. The Morgan fingerprint density at radius 2 is 2.12 bits per heavy atom. The van der Waals surface area contributed by atoms with Crippen LogP contribution in [0, 0.1) is 0 Å². The van der Waals surface area contributed by atoms with Crippen molar-refractivity contribution in [3.05, 3.63) is 18.3 Å². The molecule has 1 aliphatic rings. The molecule has 94 valence electrons. The maximum Gasteiger partial charge on any atom is 0.137 e. The number of halogens is 1. The molecule has 0 N–H and O–H groups in total. The minimum absolute atomic E-state index is 0.546. The summed E-state index contributed by atoms with van der Waals surface area (Å²) < 4.78 is 5.13. The zero-order chi connectivity index (χ0) is 12.3. The van der Waals surface area contributed by atoms with Gasteiger partial charge in [0.05, 0.1) is 13.3 Å². The number of methoxy groups -OCH3 is 1. The van der Waals surface area contributed by atoms with E-state index in [0.29, 0.717) is 10.9 Å². The SMILES string of the molecule is COc1ccc(N(C)C2CCCCC2Br)nc1. The van der Waals surface area contributed by atoms with Crippen molar-refractivity contribution >= 4 is 21.7 Å². The molecule has 1 heterocycles. The predicted molar refractivity (Wildman–Crippen MR) is 74.2 cm³/mol. The van der Waals surface area contributed by atoms with Gasteiger partial charge in [-0.2, -0.15) is 0 Å². The lowest BCUT2D eigenvalue weighted by molar-refractivity contribution is 0.412. The van der Waals surface area contributed by atoms with Gasteiger partial charge in [-0.25, -0.2) is 4.98 Å². The van der Waals surface area contributed by atoms with E-state index in [-0.39, 0.29) is 0 Å². The molecule has 0 radical (unpaired) electrons.